The van der Waals surface area contributed by atoms with Crippen LogP contribution in [0.4, 0.5) is 4.79 Å². The number of carbonyl (C=O) groups is 3. The molecule has 0 fully saturated rings. The second kappa shape index (κ2) is 6.64. The number of hydrogen-bond donors (Lipinski definition) is 2. The van der Waals surface area contributed by atoms with Crippen molar-refractivity contribution in [2.75, 3.05) is 13.7 Å². The van der Waals surface area contributed by atoms with Gasteiger partial charge in [-0.3, -0.25) is 14.5 Å². The Morgan fingerprint density at radius 2 is 1.64 bits per heavy atom. The van der Waals surface area contributed by atoms with Crippen LogP contribution in [0.15, 0.2) is 48.5 Å². The fourth-order valence-corrected chi connectivity index (χ4v) is 2.91. The summed E-state index contributed by atoms with van der Waals surface area (Å²) in [4.78, 5) is 37.3. The van der Waals surface area contributed by atoms with E-state index >= 15 is 0 Å². The fourth-order valence-electron chi connectivity index (χ4n) is 2.91. The Morgan fingerprint density at radius 1 is 1.08 bits per heavy atom. The average Bonchev–Trinajstić information content (AvgIpc) is 2.86. The second-order valence-electron chi connectivity index (χ2n) is 5.51. The minimum atomic E-state index is -1.26. The van der Waals surface area contributed by atoms with Gasteiger partial charge in [-0.05, 0) is 18.2 Å². The number of fused-ring (bicyclic) bond motifs is 1. The van der Waals surface area contributed by atoms with Crippen molar-refractivity contribution in [3.05, 3.63) is 65.2 Å². The number of nitrogens with zero attached hydrogens (tertiary/aromatic N) is 1. The lowest BCUT2D eigenvalue weighted by atomic mass is 10.1. The van der Waals surface area contributed by atoms with Crippen LogP contribution in [0.1, 0.15) is 32.3 Å². The molecule has 0 radical (unpaired) electrons. The number of imide groups is 1. The monoisotopic (exact) mass is 340 g/mol. The van der Waals surface area contributed by atoms with E-state index in [1.807, 2.05) is 0 Å². The topological polar surface area (TPSA) is 95.9 Å². The Bertz CT molecular complexity index is 814. The van der Waals surface area contributed by atoms with Crippen molar-refractivity contribution < 1.29 is 24.2 Å². The smallest absolute Gasteiger partial charge is 0.405 e. The van der Waals surface area contributed by atoms with Crippen molar-refractivity contribution in [2.24, 2.45) is 0 Å². The first-order chi connectivity index (χ1) is 12.0. The number of para-hydroxylation sites is 1. The van der Waals surface area contributed by atoms with Gasteiger partial charge >= 0.3 is 6.09 Å². The van der Waals surface area contributed by atoms with Crippen LogP contribution in [-0.4, -0.2) is 41.6 Å². The van der Waals surface area contributed by atoms with E-state index in [0.29, 0.717) is 22.4 Å². The van der Waals surface area contributed by atoms with Gasteiger partial charge in [-0.15, -0.1) is 0 Å². The number of benzene rings is 2. The van der Waals surface area contributed by atoms with Crippen LogP contribution in [0.2, 0.25) is 0 Å². The molecule has 0 saturated carbocycles. The number of amides is 3. The first-order valence-corrected chi connectivity index (χ1v) is 7.60. The first kappa shape index (κ1) is 16.5. The third-order valence-electron chi connectivity index (χ3n) is 4.06. The molecule has 0 aromatic heterocycles. The van der Waals surface area contributed by atoms with Crippen molar-refractivity contribution in [3.8, 4) is 5.75 Å². The van der Waals surface area contributed by atoms with E-state index < -0.39 is 23.9 Å². The molecule has 25 heavy (non-hydrogen) atoms. The Balaban J connectivity index is 1.93. The SMILES string of the molecule is COc1ccccc1C(CN1C(=O)c2ccccc2C1=O)NC(=O)O. The third kappa shape index (κ3) is 3.03. The Hall–Kier alpha value is -3.35. The number of methoxy groups -OCH3 is 1. The van der Waals surface area contributed by atoms with E-state index in [0.717, 1.165) is 4.90 Å². The fraction of sp³-hybridized carbons (Fsp3) is 0.167. The highest BCUT2D eigenvalue weighted by molar-refractivity contribution is 6.21. The summed E-state index contributed by atoms with van der Waals surface area (Å²) >= 11 is 0. The van der Waals surface area contributed by atoms with Crippen LogP contribution in [0.25, 0.3) is 0 Å². The normalized spacial score (nSPS) is 14.2. The highest BCUT2D eigenvalue weighted by Gasteiger charge is 2.37. The zero-order valence-electron chi connectivity index (χ0n) is 13.4. The summed E-state index contributed by atoms with van der Waals surface area (Å²) in [5.74, 6) is -0.404. The summed E-state index contributed by atoms with van der Waals surface area (Å²) in [7, 11) is 1.47. The van der Waals surface area contributed by atoms with E-state index in [-0.39, 0.29) is 6.54 Å². The van der Waals surface area contributed by atoms with Crippen molar-refractivity contribution in [2.45, 2.75) is 6.04 Å². The van der Waals surface area contributed by atoms with Crippen LogP contribution < -0.4 is 10.1 Å². The highest BCUT2D eigenvalue weighted by Crippen LogP contribution is 2.29. The van der Waals surface area contributed by atoms with E-state index in [4.69, 9.17) is 9.84 Å². The van der Waals surface area contributed by atoms with E-state index in [2.05, 4.69) is 5.32 Å². The molecule has 7 nitrogen and oxygen atoms in total. The molecule has 2 aromatic rings. The van der Waals surface area contributed by atoms with Gasteiger partial charge in [-0.2, -0.15) is 0 Å². The summed E-state index contributed by atoms with van der Waals surface area (Å²) in [6.45, 7) is -0.126. The van der Waals surface area contributed by atoms with E-state index in [9.17, 15) is 14.4 Å². The molecule has 1 atom stereocenters. The van der Waals surface area contributed by atoms with Gasteiger partial charge in [0.1, 0.15) is 5.75 Å². The van der Waals surface area contributed by atoms with E-state index in [1.54, 1.807) is 48.5 Å². The van der Waals surface area contributed by atoms with Gasteiger partial charge in [0, 0.05) is 5.56 Å². The summed E-state index contributed by atoms with van der Waals surface area (Å²) < 4.78 is 5.27. The number of ether oxygens (including phenoxy) is 1. The number of carboxylic acid groups (broad SMARTS) is 1. The Morgan fingerprint density at radius 3 is 2.20 bits per heavy atom. The third-order valence-corrected chi connectivity index (χ3v) is 4.06. The molecule has 7 heteroatoms. The Labute approximate surface area is 143 Å². The highest BCUT2D eigenvalue weighted by atomic mass is 16.5. The molecule has 3 rings (SSSR count). The maximum atomic E-state index is 12.5. The number of carbonyl (C=O) groups excluding carboxylic acids is 2. The van der Waals surface area contributed by atoms with Crippen LogP contribution in [0.5, 0.6) is 5.75 Å². The predicted molar refractivity (Wildman–Crippen MR) is 88.7 cm³/mol. The van der Waals surface area contributed by atoms with Crippen molar-refractivity contribution >= 4 is 17.9 Å². The number of rotatable bonds is 5. The standard InChI is InChI=1S/C18H16N2O5/c1-25-15-9-5-4-8-13(15)14(19-18(23)24)10-20-16(21)11-6-2-3-7-12(11)17(20)22/h2-9,14,19H,10H2,1H3,(H,23,24). The lowest BCUT2D eigenvalue weighted by Crippen LogP contribution is -2.40. The molecule has 1 aliphatic heterocycles. The largest absolute Gasteiger partial charge is 0.496 e. The number of hydrogen-bond acceptors (Lipinski definition) is 4. The van der Waals surface area contributed by atoms with Crippen molar-refractivity contribution in [3.63, 3.8) is 0 Å². The maximum absolute atomic E-state index is 12.5. The lowest BCUT2D eigenvalue weighted by molar-refractivity contribution is 0.0635. The van der Waals surface area contributed by atoms with Gasteiger partial charge in [-0.25, -0.2) is 4.79 Å². The molecule has 0 saturated heterocycles. The quantitative estimate of drug-likeness (QED) is 0.814. The van der Waals surface area contributed by atoms with E-state index in [1.165, 1.54) is 7.11 Å². The average molecular weight is 340 g/mol. The van der Waals surface area contributed by atoms with Gasteiger partial charge in [0.25, 0.3) is 11.8 Å². The number of nitrogens with one attached hydrogen (secondary N) is 1. The molecule has 1 heterocycles. The molecule has 0 spiro atoms. The molecular formula is C18H16N2O5. The minimum Gasteiger partial charge on any atom is -0.496 e. The summed E-state index contributed by atoms with van der Waals surface area (Å²) in [6.07, 6.45) is -1.26. The second-order valence-corrected chi connectivity index (χ2v) is 5.51. The van der Waals surface area contributed by atoms with Crippen LogP contribution in [0, 0.1) is 0 Å². The van der Waals surface area contributed by atoms with Crippen LogP contribution >= 0.6 is 0 Å². The molecule has 1 aliphatic rings. The Kier molecular flexibility index (Phi) is 4.38. The van der Waals surface area contributed by atoms with Gasteiger partial charge in [0.05, 0.1) is 30.8 Å². The van der Waals surface area contributed by atoms with Crippen molar-refractivity contribution in [1.82, 2.24) is 10.2 Å². The molecule has 2 aromatic carbocycles. The van der Waals surface area contributed by atoms with Crippen LogP contribution in [-0.2, 0) is 0 Å². The molecule has 1 unspecified atom stereocenters. The molecule has 0 bridgehead atoms. The minimum absolute atomic E-state index is 0.126. The summed E-state index contributed by atoms with van der Waals surface area (Å²) in [5.41, 5.74) is 1.19. The molecule has 128 valence electrons. The molecule has 3 amide bonds. The van der Waals surface area contributed by atoms with Gasteiger partial charge in [-0.1, -0.05) is 30.3 Å². The lowest BCUT2D eigenvalue weighted by Gasteiger charge is -2.24. The summed E-state index contributed by atoms with van der Waals surface area (Å²) in [5, 5.41) is 11.5. The molecular weight excluding hydrogens is 324 g/mol. The zero-order chi connectivity index (χ0) is 18.0. The summed E-state index contributed by atoms with van der Waals surface area (Å²) in [6, 6.07) is 12.6. The molecule has 0 aliphatic carbocycles. The molecule has 2 N–H and O–H groups in total. The van der Waals surface area contributed by atoms with Gasteiger partial charge in [0.15, 0.2) is 0 Å². The van der Waals surface area contributed by atoms with Gasteiger partial charge < -0.3 is 15.2 Å². The first-order valence-electron chi connectivity index (χ1n) is 7.60. The zero-order valence-corrected chi connectivity index (χ0v) is 13.4. The maximum Gasteiger partial charge on any atom is 0.405 e. The van der Waals surface area contributed by atoms with Crippen molar-refractivity contribution in [1.29, 1.82) is 0 Å². The predicted octanol–water partition coefficient (Wildman–Crippen LogP) is 2.30. The van der Waals surface area contributed by atoms with Gasteiger partial charge in [0.2, 0.25) is 0 Å². The van der Waals surface area contributed by atoms with Crippen LogP contribution in [0.3, 0.4) is 0 Å².